The molecule has 3 rings (SSSR count). The van der Waals surface area contributed by atoms with Crippen molar-refractivity contribution in [3.05, 3.63) is 51.7 Å². The van der Waals surface area contributed by atoms with Gasteiger partial charge in [-0.25, -0.2) is 0 Å². The molecule has 27 heavy (non-hydrogen) atoms. The fraction of sp³-hybridized carbons (Fsp3) is 0.133. The van der Waals surface area contributed by atoms with Crippen LogP contribution in [0.25, 0.3) is 10.6 Å². The maximum absolute atomic E-state index is 12.9. The van der Waals surface area contributed by atoms with Crippen LogP contribution in [0.3, 0.4) is 0 Å². The van der Waals surface area contributed by atoms with Crippen molar-refractivity contribution in [2.45, 2.75) is 12.4 Å². The number of amides is 1. The molecule has 0 fully saturated rings. The number of halogens is 6. The Kier molecular flexibility index (Phi) is 4.95. The summed E-state index contributed by atoms with van der Waals surface area (Å²) in [6, 6.07) is 2.41. The Morgan fingerprint density at radius 1 is 0.963 bits per heavy atom. The quantitative estimate of drug-likeness (QED) is 0.562. The van der Waals surface area contributed by atoms with E-state index in [1.54, 1.807) is 16.8 Å². The van der Waals surface area contributed by atoms with E-state index >= 15 is 0 Å². The second-order valence-electron chi connectivity index (χ2n) is 5.17. The van der Waals surface area contributed by atoms with Gasteiger partial charge in [0, 0.05) is 16.5 Å². The minimum Gasteiger partial charge on any atom is -0.296 e. The fourth-order valence-electron chi connectivity index (χ4n) is 2.03. The summed E-state index contributed by atoms with van der Waals surface area (Å²) in [6.45, 7) is 0. The lowest BCUT2D eigenvalue weighted by Gasteiger charge is -2.13. The van der Waals surface area contributed by atoms with Crippen LogP contribution in [0.5, 0.6) is 0 Å². The van der Waals surface area contributed by atoms with Crippen LogP contribution in [0, 0.1) is 0 Å². The van der Waals surface area contributed by atoms with Gasteiger partial charge >= 0.3 is 12.4 Å². The predicted octanol–water partition coefficient (Wildman–Crippen LogP) is 5.56. The van der Waals surface area contributed by atoms with Gasteiger partial charge in [0.05, 0.1) is 11.1 Å². The molecule has 1 amide bonds. The molecule has 0 saturated carbocycles. The molecule has 0 bridgehead atoms. The van der Waals surface area contributed by atoms with Gasteiger partial charge in [-0.05, 0) is 29.6 Å². The van der Waals surface area contributed by atoms with Crippen molar-refractivity contribution in [3.63, 3.8) is 0 Å². The average molecular weight is 423 g/mol. The summed E-state index contributed by atoms with van der Waals surface area (Å²) >= 11 is 2.34. The van der Waals surface area contributed by atoms with E-state index in [9.17, 15) is 31.1 Å². The lowest BCUT2D eigenvalue weighted by molar-refractivity contribution is -0.143. The number of nitrogens with zero attached hydrogens (tertiary/aromatic N) is 2. The van der Waals surface area contributed by atoms with Crippen molar-refractivity contribution in [2.24, 2.45) is 0 Å². The lowest BCUT2D eigenvalue weighted by atomic mass is 10.0. The van der Waals surface area contributed by atoms with Crippen LogP contribution in [0.1, 0.15) is 21.5 Å². The third kappa shape index (κ3) is 4.45. The summed E-state index contributed by atoms with van der Waals surface area (Å²) in [5.41, 5.74) is -3.20. The van der Waals surface area contributed by atoms with Crippen molar-refractivity contribution in [2.75, 3.05) is 5.32 Å². The highest BCUT2D eigenvalue weighted by molar-refractivity contribution is 7.19. The maximum atomic E-state index is 12.9. The first-order valence-corrected chi connectivity index (χ1v) is 8.77. The van der Waals surface area contributed by atoms with Crippen molar-refractivity contribution in [1.29, 1.82) is 0 Å². The van der Waals surface area contributed by atoms with Crippen molar-refractivity contribution in [3.8, 4) is 10.6 Å². The van der Waals surface area contributed by atoms with Crippen LogP contribution < -0.4 is 5.32 Å². The summed E-state index contributed by atoms with van der Waals surface area (Å²) in [5, 5.41) is 13.6. The van der Waals surface area contributed by atoms with E-state index in [1.165, 1.54) is 11.3 Å². The number of carbonyl (C=O) groups excluding carboxylic acids is 1. The summed E-state index contributed by atoms with van der Waals surface area (Å²) in [4.78, 5) is 12.2. The van der Waals surface area contributed by atoms with E-state index < -0.39 is 35.0 Å². The van der Waals surface area contributed by atoms with Crippen LogP contribution >= 0.6 is 22.7 Å². The molecule has 0 radical (unpaired) electrons. The number of hydrogen-bond donors (Lipinski definition) is 1. The van der Waals surface area contributed by atoms with Crippen LogP contribution in [0.4, 0.5) is 31.5 Å². The van der Waals surface area contributed by atoms with Gasteiger partial charge in [-0.2, -0.15) is 37.7 Å². The number of aromatic nitrogens is 2. The van der Waals surface area contributed by atoms with Gasteiger partial charge in [0.1, 0.15) is 5.01 Å². The highest BCUT2D eigenvalue weighted by Crippen LogP contribution is 2.36. The second-order valence-corrected chi connectivity index (χ2v) is 6.93. The van der Waals surface area contributed by atoms with Crippen LogP contribution in [0.2, 0.25) is 0 Å². The molecule has 4 nitrogen and oxygen atoms in total. The number of benzene rings is 1. The molecule has 0 aliphatic rings. The number of hydrogen-bond acceptors (Lipinski definition) is 5. The van der Waals surface area contributed by atoms with Crippen LogP contribution in [-0.2, 0) is 12.4 Å². The molecule has 142 valence electrons. The van der Waals surface area contributed by atoms with Gasteiger partial charge in [0.15, 0.2) is 0 Å². The monoisotopic (exact) mass is 423 g/mol. The first-order chi connectivity index (χ1) is 12.5. The van der Waals surface area contributed by atoms with Gasteiger partial charge in [-0.1, -0.05) is 11.3 Å². The lowest BCUT2D eigenvalue weighted by Crippen LogP contribution is -2.17. The average Bonchev–Trinajstić information content (AvgIpc) is 3.23. The number of carbonyl (C=O) groups is 1. The van der Waals surface area contributed by atoms with Crippen molar-refractivity contribution in [1.82, 2.24) is 10.2 Å². The molecule has 0 aliphatic heterocycles. The topological polar surface area (TPSA) is 54.9 Å². The number of anilines is 1. The van der Waals surface area contributed by atoms with E-state index in [1.807, 2.05) is 0 Å². The van der Waals surface area contributed by atoms with E-state index in [-0.39, 0.29) is 11.2 Å². The van der Waals surface area contributed by atoms with Gasteiger partial charge in [-0.3, -0.25) is 10.1 Å². The standard InChI is InChI=1S/C15H7F6N3OS2/c16-14(17,18)9-3-8(4-10(5-9)15(19,20)21)11(25)22-13-24-23-12(27-13)7-1-2-26-6-7/h1-6H,(H,22,24,25). The molecule has 0 saturated heterocycles. The molecule has 1 aromatic carbocycles. The minimum absolute atomic E-state index is 0.0452. The third-order valence-corrected chi connectivity index (χ3v) is 4.83. The van der Waals surface area contributed by atoms with Crippen LogP contribution in [0.15, 0.2) is 35.0 Å². The summed E-state index contributed by atoms with van der Waals surface area (Å²) < 4.78 is 77.2. The second kappa shape index (κ2) is 6.93. The molecule has 0 unspecified atom stereocenters. The van der Waals surface area contributed by atoms with Gasteiger partial charge in [0.2, 0.25) is 5.13 Å². The Morgan fingerprint density at radius 2 is 1.59 bits per heavy atom. The number of rotatable bonds is 3. The Hall–Kier alpha value is -2.47. The normalized spacial score (nSPS) is 12.2. The molecular weight excluding hydrogens is 416 g/mol. The zero-order chi connectivity index (χ0) is 19.8. The van der Waals surface area contributed by atoms with Crippen LogP contribution in [-0.4, -0.2) is 16.1 Å². The Balaban J connectivity index is 1.90. The fourth-order valence-corrected chi connectivity index (χ4v) is 3.48. The molecular formula is C15H7F6N3OS2. The number of nitrogens with one attached hydrogen (secondary N) is 1. The molecule has 0 atom stereocenters. The predicted molar refractivity (Wildman–Crippen MR) is 87.6 cm³/mol. The Morgan fingerprint density at radius 3 is 2.11 bits per heavy atom. The molecule has 0 aliphatic carbocycles. The summed E-state index contributed by atoms with van der Waals surface area (Å²) in [5.74, 6) is -1.15. The highest BCUT2D eigenvalue weighted by atomic mass is 32.1. The minimum atomic E-state index is -5.04. The summed E-state index contributed by atoms with van der Waals surface area (Å²) in [6.07, 6.45) is -10.1. The molecule has 2 aromatic heterocycles. The van der Waals surface area contributed by atoms with E-state index in [0.717, 1.165) is 16.9 Å². The third-order valence-electron chi connectivity index (χ3n) is 3.26. The SMILES string of the molecule is O=C(Nc1nnc(-c2ccsc2)s1)c1cc(C(F)(F)F)cc(C(F)(F)F)c1. The Labute approximate surface area is 155 Å². The van der Waals surface area contributed by atoms with E-state index in [0.29, 0.717) is 17.1 Å². The van der Waals surface area contributed by atoms with Gasteiger partial charge in [0.25, 0.3) is 5.91 Å². The maximum Gasteiger partial charge on any atom is 0.416 e. The van der Waals surface area contributed by atoms with E-state index in [4.69, 9.17) is 0 Å². The number of thiophene rings is 1. The number of alkyl halides is 6. The molecule has 3 aromatic rings. The van der Waals surface area contributed by atoms with Gasteiger partial charge in [-0.15, -0.1) is 10.2 Å². The molecule has 1 N–H and O–H groups in total. The molecule has 0 spiro atoms. The highest BCUT2D eigenvalue weighted by Gasteiger charge is 2.37. The molecule has 2 heterocycles. The zero-order valence-corrected chi connectivity index (χ0v) is 14.5. The zero-order valence-electron chi connectivity index (χ0n) is 12.9. The molecule has 12 heteroatoms. The van der Waals surface area contributed by atoms with Crippen molar-refractivity contribution < 1.29 is 31.1 Å². The Bertz CT molecular complexity index is 931. The smallest absolute Gasteiger partial charge is 0.296 e. The van der Waals surface area contributed by atoms with E-state index in [2.05, 4.69) is 15.5 Å². The van der Waals surface area contributed by atoms with Crippen molar-refractivity contribution >= 4 is 33.7 Å². The summed E-state index contributed by atoms with van der Waals surface area (Å²) in [7, 11) is 0. The first-order valence-electron chi connectivity index (χ1n) is 7.01. The first kappa shape index (κ1) is 19.3. The van der Waals surface area contributed by atoms with Gasteiger partial charge < -0.3 is 0 Å². The largest absolute Gasteiger partial charge is 0.416 e.